The van der Waals surface area contributed by atoms with Crippen molar-refractivity contribution in [3.05, 3.63) is 89.5 Å². The predicted molar refractivity (Wildman–Crippen MR) is 131 cm³/mol. The molecule has 34 heavy (non-hydrogen) atoms. The van der Waals surface area contributed by atoms with Crippen molar-refractivity contribution in [1.82, 2.24) is 0 Å². The first-order valence-electron chi connectivity index (χ1n) is 11.6. The van der Waals surface area contributed by atoms with Crippen LogP contribution in [0, 0.1) is 5.92 Å². The molecule has 5 rings (SSSR count). The van der Waals surface area contributed by atoms with Crippen LogP contribution in [0.5, 0.6) is 5.75 Å². The lowest BCUT2D eigenvalue weighted by molar-refractivity contribution is -0.121. The maximum atomic E-state index is 13.8. The summed E-state index contributed by atoms with van der Waals surface area (Å²) in [5.74, 6) is 1.21. The lowest BCUT2D eigenvalue weighted by Gasteiger charge is -2.35. The van der Waals surface area contributed by atoms with E-state index in [0.717, 1.165) is 34.1 Å². The third-order valence-electron chi connectivity index (χ3n) is 6.60. The summed E-state index contributed by atoms with van der Waals surface area (Å²) in [6.07, 6.45) is 2.60. The van der Waals surface area contributed by atoms with E-state index in [1.165, 1.54) is 0 Å². The average Bonchev–Trinajstić information content (AvgIpc) is 3.34. The summed E-state index contributed by atoms with van der Waals surface area (Å²) < 4.78 is 11.0. The molecule has 2 aliphatic rings. The molecule has 1 aliphatic heterocycles. The molecule has 1 aromatic heterocycles. The maximum absolute atomic E-state index is 13.8. The summed E-state index contributed by atoms with van der Waals surface area (Å²) in [7, 11) is 1.62. The van der Waals surface area contributed by atoms with Crippen LogP contribution in [0.3, 0.4) is 0 Å². The van der Waals surface area contributed by atoms with E-state index in [-0.39, 0.29) is 23.5 Å². The third kappa shape index (κ3) is 3.79. The number of nitrogens with one attached hydrogen (secondary N) is 1. The smallest absolute Gasteiger partial charge is 0.230 e. The minimum absolute atomic E-state index is 0.0188. The molecule has 0 saturated carbocycles. The van der Waals surface area contributed by atoms with E-state index in [1.807, 2.05) is 74.5 Å². The van der Waals surface area contributed by atoms with Crippen LogP contribution in [-0.2, 0) is 9.59 Å². The molecule has 0 unspecified atom stereocenters. The molecule has 0 bridgehead atoms. The summed E-state index contributed by atoms with van der Waals surface area (Å²) in [5, 5.41) is 3.53. The van der Waals surface area contributed by atoms with Gasteiger partial charge >= 0.3 is 0 Å². The number of rotatable bonds is 4. The summed E-state index contributed by atoms with van der Waals surface area (Å²) in [6.45, 7) is 3.78. The molecule has 2 atom stereocenters. The maximum Gasteiger partial charge on any atom is 0.230 e. The Kier molecular flexibility index (Phi) is 5.74. The number of fused-ring (bicyclic) bond motifs is 1. The van der Waals surface area contributed by atoms with Crippen molar-refractivity contribution in [2.45, 2.75) is 38.6 Å². The van der Waals surface area contributed by atoms with Crippen LogP contribution in [0.15, 0.2) is 82.6 Å². The summed E-state index contributed by atoms with van der Waals surface area (Å²) in [5.41, 5.74) is 3.92. The number of nitrogens with zero attached hydrogens (tertiary/aromatic N) is 1. The number of benzene rings is 2. The number of methoxy groups -OCH3 is 1. The zero-order valence-corrected chi connectivity index (χ0v) is 19.6. The number of Topliss-reactive ketones (excluding diaryl/α,β-unsaturated/α-hetero) is 1. The fourth-order valence-corrected chi connectivity index (χ4v) is 4.94. The molecule has 174 valence electrons. The van der Waals surface area contributed by atoms with Crippen molar-refractivity contribution in [3.63, 3.8) is 0 Å². The van der Waals surface area contributed by atoms with Gasteiger partial charge in [-0.3, -0.25) is 14.5 Å². The average molecular weight is 457 g/mol. The number of anilines is 2. The van der Waals surface area contributed by atoms with Crippen LogP contribution in [0.25, 0.3) is 0 Å². The highest BCUT2D eigenvalue weighted by Gasteiger charge is 2.42. The quantitative estimate of drug-likeness (QED) is 0.534. The Morgan fingerprint density at radius 1 is 1.06 bits per heavy atom. The van der Waals surface area contributed by atoms with Crippen LogP contribution in [0.4, 0.5) is 11.4 Å². The second-order valence-electron chi connectivity index (χ2n) is 9.12. The highest BCUT2D eigenvalue weighted by molar-refractivity contribution is 6.06. The number of ketones is 1. The minimum atomic E-state index is -0.544. The fraction of sp³-hybridized carbons (Fsp3) is 0.286. The van der Waals surface area contributed by atoms with Crippen LogP contribution in [0.1, 0.15) is 50.0 Å². The molecular formula is C28H28N2O4. The van der Waals surface area contributed by atoms with Crippen molar-refractivity contribution in [2.24, 2.45) is 5.92 Å². The van der Waals surface area contributed by atoms with Gasteiger partial charge in [-0.15, -0.1) is 0 Å². The van der Waals surface area contributed by atoms with Gasteiger partial charge in [0.15, 0.2) is 5.78 Å². The van der Waals surface area contributed by atoms with E-state index in [1.54, 1.807) is 18.3 Å². The number of hydrogen-bond donors (Lipinski definition) is 1. The van der Waals surface area contributed by atoms with Crippen LogP contribution in [0.2, 0.25) is 0 Å². The van der Waals surface area contributed by atoms with Crippen LogP contribution in [-0.4, -0.2) is 18.8 Å². The molecule has 0 radical (unpaired) electrons. The van der Waals surface area contributed by atoms with E-state index in [9.17, 15) is 9.59 Å². The number of ether oxygens (including phenoxy) is 1. The van der Waals surface area contributed by atoms with Crippen molar-refractivity contribution in [3.8, 4) is 5.75 Å². The summed E-state index contributed by atoms with van der Waals surface area (Å²) >= 11 is 0. The van der Waals surface area contributed by atoms with E-state index in [4.69, 9.17) is 9.15 Å². The Morgan fingerprint density at radius 3 is 2.50 bits per heavy atom. The highest BCUT2D eigenvalue weighted by Crippen LogP contribution is 2.47. The SMILES string of the molecule is COc1ccc([C@H]2C3=C(C[C@@H](c4ccco4)CC3=O)Nc3ccccc3N2C(=O)C(C)C)cc1. The molecule has 0 spiro atoms. The van der Waals surface area contributed by atoms with Gasteiger partial charge in [-0.05, 0) is 48.4 Å². The van der Waals surface area contributed by atoms with Gasteiger partial charge in [0, 0.05) is 29.5 Å². The molecule has 0 fully saturated rings. The van der Waals surface area contributed by atoms with Gasteiger partial charge in [-0.2, -0.15) is 0 Å². The lowest BCUT2D eigenvalue weighted by atomic mass is 9.80. The molecule has 1 aliphatic carbocycles. The van der Waals surface area contributed by atoms with Crippen molar-refractivity contribution in [2.75, 3.05) is 17.3 Å². The number of amides is 1. The molecular weight excluding hydrogens is 428 g/mol. The molecule has 1 N–H and O–H groups in total. The number of allylic oxidation sites excluding steroid dienone is 1. The minimum Gasteiger partial charge on any atom is -0.497 e. The second-order valence-corrected chi connectivity index (χ2v) is 9.12. The van der Waals surface area contributed by atoms with Gasteiger partial charge in [0.25, 0.3) is 0 Å². The Bertz CT molecular complexity index is 1240. The van der Waals surface area contributed by atoms with E-state index in [2.05, 4.69) is 5.32 Å². The Labute approximate surface area is 199 Å². The Hall–Kier alpha value is -3.80. The fourth-order valence-electron chi connectivity index (χ4n) is 4.94. The van der Waals surface area contributed by atoms with Gasteiger partial charge < -0.3 is 14.5 Å². The van der Waals surface area contributed by atoms with E-state index >= 15 is 0 Å². The predicted octanol–water partition coefficient (Wildman–Crippen LogP) is 5.84. The molecule has 2 heterocycles. The second kappa shape index (κ2) is 8.86. The first-order valence-corrected chi connectivity index (χ1v) is 11.6. The standard InChI is InChI=1S/C28H28N2O4/c1-17(2)28(32)30-23-8-5-4-7-21(23)29-22-15-19(25-9-6-14-34-25)16-24(31)26(22)27(30)18-10-12-20(33-3)13-11-18/h4-14,17,19,27,29H,15-16H2,1-3H3/t19-,27+/m1/s1. The Morgan fingerprint density at radius 2 is 1.82 bits per heavy atom. The van der Waals surface area contributed by atoms with Gasteiger partial charge in [0.2, 0.25) is 5.91 Å². The van der Waals surface area contributed by atoms with Gasteiger partial charge in [-0.1, -0.05) is 38.1 Å². The number of carbonyl (C=O) groups excluding carboxylic acids is 2. The van der Waals surface area contributed by atoms with E-state index in [0.29, 0.717) is 18.4 Å². The van der Waals surface area contributed by atoms with Crippen LogP contribution < -0.4 is 15.0 Å². The number of furan rings is 1. The zero-order valence-electron chi connectivity index (χ0n) is 19.6. The van der Waals surface area contributed by atoms with Gasteiger partial charge in [0.05, 0.1) is 30.8 Å². The number of para-hydroxylation sites is 2. The van der Waals surface area contributed by atoms with Gasteiger partial charge in [0.1, 0.15) is 11.5 Å². The molecule has 1 amide bonds. The largest absolute Gasteiger partial charge is 0.497 e. The van der Waals surface area contributed by atoms with Gasteiger partial charge in [-0.25, -0.2) is 0 Å². The molecule has 6 heteroatoms. The topological polar surface area (TPSA) is 71.8 Å². The first-order chi connectivity index (χ1) is 16.5. The molecule has 0 saturated heterocycles. The van der Waals surface area contributed by atoms with E-state index < -0.39 is 6.04 Å². The number of carbonyl (C=O) groups is 2. The molecule has 6 nitrogen and oxygen atoms in total. The Balaban J connectivity index is 1.72. The number of hydrogen-bond acceptors (Lipinski definition) is 5. The van der Waals surface area contributed by atoms with Crippen molar-refractivity contribution >= 4 is 23.1 Å². The first kappa shape index (κ1) is 22.0. The normalized spacial score (nSPS) is 19.9. The third-order valence-corrected chi connectivity index (χ3v) is 6.60. The zero-order chi connectivity index (χ0) is 23.8. The summed E-state index contributed by atoms with van der Waals surface area (Å²) in [4.78, 5) is 29.3. The lowest BCUT2D eigenvalue weighted by Crippen LogP contribution is -2.40. The summed E-state index contributed by atoms with van der Waals surface area (Å²) in [6, 6.07) is 18.6. The molecule has 3 aromatic rings. The van der Waals surface area contributed by atoms with Crippen molar-refractivity contribution in [1.29, 1.82) is 0 Å². The molecule has 2 aromatic carbocycles. The van der Waals surface area contributed by atoms with Crippen LogP contribution >= 0.6 is 0 Å². The van der Waals surface area contributed by atoms with Crippen molar-refractivity contribution < 1.29 is 18.7 Å². The monoisotopic (exact) mass is 456 g/mol. The highest BCUT2D eigenvalue weighted by atomic mass is 16.5.